The molecule has 2 atom stereocenters. The largest absolute Gasteiger partial charge is 0.300 e. The summed E-state index contributed by atoms with van der Waals surface area (Å²) >= 11 is 0. The molecule has 5 heteroatoms. The van der Waals surface area contributed by atoms with Gasteiger partial charge in [-0.15, -0.1) is 10.2 Å². The molecule has 1 aromatic heterocycles. The number of nitrogens with zero attached hydrogens (tertiary/aromatic N) is 3. The van der Waals surface area contributed by atoms with E-state index in [4.69, 9.17) is 0 Å². The maximum atomic E-state index is 4.10. The molecule has 0 fully saturated rings. The second-order valence-corrected chi connectivity index (χ2v) is 6.50. The lowest BCUT2D eigenvalue weighted by atomic mass is 9.95. The first-order chi connectivity index (χ1) is 13.3. The molecule has 4 aromatic rings. The van der Waals surface area contributed by atoms with E-state index in [-0.39, 0.29) is 12.1 Å². The zero-order valence-corrected chi connectivity index (χ0v) is 15.1. The van der Waals surface area contributed by atoms with Gasteiger partial charge in [0.15, 0.2) is 0 Å². The van der Waals surface area contributed by atoms with Crippen molar-refractivity contribution in [3.63, 3.8) is 0 Å². The molecule has 27 heavy (non-hydrogen) atoms. The maximum Gasteiger partial charge on any atom is 0.204 e. The van der Waals surface area contributed by atoms with Crippen LogP contribution in [0.1, 0.15) is 35.7 Å². The first-order valence-corrected chi connectivity index (χ1v) is 9.01. The molecule has 5 nitrogen and oxygen atoms in total. The lowest BCUT2D eigenvalue weighted by Gasteiger charge is -2.25. The smallest absolute Gasteiger partial charge is 0.204 e. The molecule has 0 aliphatic rings. The molecule has 4 rings (SSSR count). The minimum atomic E-state index is 0.0493. The van der Waals surface area contributed by atoms with Crippen molar-refractivity contribution in [3.8, 4) is 11.4 Å². The van der Waals surface area contributed by atoms with E-state index in [2.05, 4.69) is 93.5 Å². The van der Waals surface area contributed by atoms with Crippen molar-refractivity contribution in [2.24, 2.45) is 0 Å². The Bertz CT molecular complexity index is 968. The molecule has 134 valence electrons. The van der Waals surface area contributed by atoms with Gasteiger partial charge < -0.3 is 0 Å². The summed E-state index contributed by atoms with van der Waals surface area (Å²) in [5.74, 6) is 0.597. The summed E-state index contributed by atoms with van der Waals surface area (Å²) in [5.41, 5.74) is 4.57. The van der Waals surface area contributed by atoms with Crippen LogP contribution in [0, 0.1) is 0 Å². The van der Waals surface area contributed by atoms with E-state index in [1.165, 1.54) is 11.1 Å². The van der Waals surface area contributed by atoms with Crippen molar-refractivity contribution in [1.82, 2.24) is 25.9 Å². The van der Waals surface area contributed by atoms with Gasteiger partial charge in [0.25, 0.3) is 0 Å². The molecule has 0 saturated carbocycles. The van der Waals surface area contributed by atoms with Crippen LogP contribution in [0.2, 0.25) is 0 Å². The van der Waals surface area contributed by atoms with Crippen LogP contribution in [0.25, 0.3) is 11.4 Å². The zero-order chi connectivity index (χ0) is 18.5. The Morgan fingerprint density at radius 2 is 1.44 bits per heavy atom. The predicted molar refractivity (Wildman–Crippen MR) is 106 cm³/mol. The van der Waals surface area contributed by atoms with Crippen molar-refractivity contribution in [2.75, 3.05) is 0 Å². The van der Waals surface area contributed by atoms with Gasteiger partial charge >= 0.3 is 0 Å². The van der Waals surface area contributed by atoms with Crippen LogP contribution in [0.15, 0.2) is 84.9 Å². The number of aromatic amines is 1. The lowest BCUT2D eigenvalue weighted by molar-refractivity contribution is 0.516. The van der Waals surface area contributed by atoms with Crippen LogP contribution in [0.5, 0.6) is 0 Å². The first kappa shape index (κ1) is 17.1. The average Bonchev–Trinajstić information content (AvgIpc) is 3.28. The van der Waals surface area contributed by atoms with Crippen molar-refractivity contribution < 1.29 is 0 Å². The highest BCUT2D eigenvalue weighted by molar-refractivity contribution is 5.56. The fourth-order valence-corrected chi connectivity index (χ4v) is 3.26. The van der Waals surface area contributed by atoms with E-state index in [1.54, 1.807) is 0 Å². The van der Waals surface area contributed by atoms with E-state index in [1.807, 2.05) is 24.3 Å². The third kappa shape index (κ3) is 3.93. The summed E-state index contributed by atoms with van der Waals surface area (Å²) in [6.07, 6.45) is 0. The predicted octanol–water partition coefficient (Wildman–Crippen LogP) is 4.31. The van der Waals surface area contributed by atoms with E-state index in [0.717, 1.165) is 11.1 Å². The SMILES string of the molecule is C[C@H](NC(c1ccccc1)c1cccc(-c2nn[nH]n2)c1)c1ccccc1. The van der Waals surface area contributed by atoms with E-state index in [9.17, 15) is 0 Å². The van der Waals surface area contributed by atoms with Gasteiger partial charge in [-0.05, 0) is 34.9 Å². The van der Waals surface area contributed by atoms with Gasteiger partial charge in [-0.3, -0.25) is 5.32 Å². The van der Waals surface area contributed by atoms with Crippen LogP contribution in [-0.4, -0.2) is 20.6 Å². The number of tetrazole rings is 1. The van der Waals surface area contributed by atoms with Crippen LogP contribution < -0.4 is 5.32 Å². The minimum Gasteiger partial charge on any atom is -0.300 e. The third-order valence-corrected chi connectivity index (χ3v) is 4.67. The molecule has 0 aliphatic carbocycles. The minimum absolute atomic E-state index is 0.0493. The molecule has 0 aliphatic heterocycles. The van der Waals surface area contributed by atoms with Gasteiger partial charge in [0.2, 0.25) is 5.82 Å². The topological polar surface area (TPSA) is 66.5 Å². The van der Waals surface area contributed by atoms with Crippen LogP contribution >= 0.6 is 0 Å². The van der Waals surface area contributed by atoms with Crippen molar-refractivity contribution in [2.45, 2.75) is 19.0 Å². The van der Waals surface area contributed by atoms with Gasteiger partial charge in [0, 0.05) is 11.6 Å². The molecule has 0 radical (unpaired) electrons. The summed E-state index contributed by atoms with van der Waals surface area (Å²) in [6, 6.07) is 29.5. The molecule has 0 bridgehead atoms. The molecule has 0 amide bonds. The first-order valence-electron chi connectivity index (χ1n) is 9.01. The van der Waals surface area contributed by atoms with Gasteiger partial charge in [-0.1, -0.05) is 78.9 Å². The van der Waals surface area contributed by atoms with E-state index < -0.39 is 0 Å². The van der Waals surface area contributed by atoms with Crippen molar-refractivity contribution in [3.05, 3.63) is 102 Å². The fraction of sp³-hybridized carbons (Fsp3) is 0.136. The number of hydrogen-bond donors (Lipinski definition) is 2. The summed E-state index contributed by atoms with van der Waals surface area (Å²) in [6.45, 7) is 2.19. The number of aromatic nitrogens is 4. The maximum absolute atomic E-state index is 4.10. The number of rotatable bonds is 6. The monoisotopic (exact) mass is 355 g/mol. The molecule has 0 spiro atoms. The molecule has 1 unspecified atom stereocenters. The van der Waals surface area contributed by atoms with Crippen molar-refractivity contribution in [1.29, 1.82) is 0 Å². The summed E-state index contributed by atoms with van der Waals surface area (Å²) in [4.78, 5) is 0. The quantitative estimate of drug-likeness (QED) is 0.541. The average molecular weight is 355 g/mol. The number of nitrogens with one attached hydrogen (secondary N) is 2. The standard InChI is InChI=1S/C22H21N5/c1-16(17-9-4-2-5-10-17)23-21(18-11-6-3-7-12-18)19-13-8-14-20(15-19)22-24-26-27-25-22/h2-16,21,23H,1H3,(H,24,25,26,27)/t16-,21?/m0/s1. The molecule has 3 aromatic carbocycles. The molecular weight excluding hydrogens is 334 g/mol. The summed E-state index contributed by atoms with van der Waals surface area (Å²) in [7, 11) is 0. The highest BCUT2D eigenvalue weighted by atomic mass is 15.5. The molecular formula is C22H21N5. The Labute approximate surface area is 158 Å². The van der Waals surface area contributed by atoms with Gasteiger partial charge in [0.05, 0.1) is 6.04 Å². The number of benzene rings is 3. The zero-order valence-electron chi connectivity index (χ0n) is 15.1. The Kier molecular flexibility index (Phi) is 5.03. The van der Waals surface area contributed by atoms with Crippen molar-refractivity contribution >= 4 is 0 Å². The number of hydrogen-bond acceptors (Lipinski definition) is 4. The van der Waals surface area contributed by atoms with Gasteiger partial charge in [0.1, 0.15) is 0 Å². The van der Waals surface area contributed by atoms with Gasteiger partial charge in [-0.25, -0.2) is 0 Å². The Morgan fingerprint density at radius 1 is 0.778 bits per heavy atom. The molecule has 2 N–H and O–H groups in total. The lowest BCUT2D eigenvalue weighted by Crippen LogP contribution is -2.25. The number of H-pyrrole nitrogens is 1. The molecule has 1 heterocycles. The molecule has 0 saturated heterocycles. The highest BCUT2D eigenvalue weighted by Gasteiger charge is 2.18. The second kappa shape index (κ2) is 7.93. The van der Waals surface area contributed by atoms with Crippen LogP contribution in [0.4, 0.5) is 0 Å². The highest BCUT2D eigenvalue weighted by Crippen LogP contribution is 2.28. The van der Waals surface area contributed by atoms with Gasteiger partial charge in [-0.2, -0.15) is 5.21 Å². The fourth-order valence-electron chi connectivity index (χ4n) is 3.26. The van der Waals surface area contributed by atoms with E-state index in [0.29, 0.717) is 5.82 Å². The Morgan fingerprint density at radius 3 is 2.11 bits per heavy atom. The van der Waals surface area contributed by atoms with Crippen LogP contribution in [-0.2, 0) is 0 Å². The normalized spacial score (nSPS) is 13.2. The summed E-state index contributed by atoms with van der Waals surface area (Å²) in [5, 5.41) is 18.2. The second-order valence-electron chi connectivity index (χ2n) is 6.50. The van der Waals surface area contributed by atoms with E-state index >= 15 is 0 Å². The Hall–Kier alpha value is -3.31. The third-order valence-electron chi connectivity index (χ3n) is 4.67. The Balaban J connectivity index is 1.70. The van der Waals surface area contributed by atoms with Crippen LogP contribution in [0.3, 0.4) is 0 Å². The summed E-state index contributed by atoms with van der Waals surface area (Å²) < 4.78 is 0.